The highest BCUT2D eigenvalue weighted by molar-refractivity contribution is 5.66. The van der Waals surface area contributed by atoms with E-state index in [1.54, 1.807) is 5.57 Å². The van der Waals surface area contributed by atoms with Gasteiger partial charge < -0.3 is 15.9 Å². The second kappa shape index (κ2) is 18.2. The lowest BCUT2D eigenvalue weighted by Gasteiger charge is -2.17. The first-order chi connectivity index (χ1) is 17.5. The van der Waals surface area contributed by atoms with Gasteiger partial charge in [-0.05, 0) is 99.8 Å². The van der Waals surface area contributed by atoms with Crippen molar-refractivity contribution >= 4 is 5.97 Å². The van der Waals surface area contributed by atoms with E-state index in [-0.39, 0.29) is 6.42 Å². The normalized spacial score (nSPS) is 16.5. The molecule has 202 valence electrons. The molecule has 0 aromatic heterocycles. The number of carboxylic acid groups (broad SMARTS) is 1. The van der Waals surface area contributed by atoms with Crippen molar-refractivity contribution in [3.05, 3.63) is 53.1 Å². The highest BCUT2D eigenvalue weighted by Gasteiger charge is 2.15. The molecular weight excluding hydrogens is 446 g/mol. The van der Waals surface area contributed by atoms with Crippen LogP contribution in [-0.4, -0.2) is 22.7 Å². The fourth-order valence-corrected chi connectivity index (χ4v) is 5.47. The SMILES string of the molecule is CCCCCc1cc(C[C@@H](C/C=C/CCC(=O)O)CCCCCC[C@@H]2C=C(CCN)CC2)ccc1O. The zero-order chi connectivity index (χ0) is 26.0. The van der Waals surface area contributed by atoms with Crippen LogP contribution in [0.2, 0.25) is 0 Å². The van der Waals surface area contributed by atoms with Crippen LogP contribution in [0.1, 0.15) is 114 Å². The zero-order valence-electron chi connectivity index (χ0n) is 22.7. The van der Waals surface area contributed by atoms with E-state index in [9.17, 15) is 9.90 Å². The fraction of sp³-hybridized carbons (Fsp3) is 0.656. The molecule has 0 spiro atoms. The van der Waals surface area contributed by atoms with Gasteiger partial charge in [0.1, 0.15) is 5.75 Å². The van der Waals surface area contributed by atoms with Gasteiger partial charge in [-0.25, -0.2) is 0 Å². The maximum absolute atomic E-state index is 10.8. The second-order valence-corrected chi connectivity index (χ2v) is 10.8. The standard InChI is InChI=1S/C32H51NO3/c1-2-3-7-15-30-25-29(19-20-31(30)34)24-26(13-10-6-11-16-32(35)36)12-8-4-5-9-14-27-17-18-28(23-27)21-22-33/h6,10,19-20,23,25-27,34H,2-5,7-9,11-18,21-22,24,33H2,1H3,(H,35,36)/b10-6+/t26-,27+/m1/s1. The highest BCUT2D eigenvalue weighted by atomic mass is 16.4. The van der Waals surface area contributed by atoms with Gasteiger partial charge in [0.15, 0.2) is 0 Å². The predicted molar refractivity (Wildman–Crippen MR) is 151 cm³/mol. The van der Waals surface area contributed by atoms with Gasteiger partial charge in [-0.1, -0.05) is 81.4 Å². The smallest absolute Gasteiger partial charge is 0.303 e. The monoisotopic (exact) mass is 497 g/mol. The Bertz CT molecular complexity index is 814. The summed E-state index contributed by atoms with van der Waals surface area (Å²) >= 11 is 0. The summed E-state index contributed by atoms with van der Waals surface area (Å²) in [5, 5.41) is 19.2. The van der Waals surface area contributed by atoms with Crippen molar-refractivity contribution in [2.75, 3.05) is 6.54 Å². The van der Waals surface area contributed by atoms with E-state index in [1.807, 2.05) is 12.1 Å². The summed E-state index contributed by atoms with van der Waals surface area (Å²) in [5.41, 5.74) is 9.66. The predicted octanol–water partition coefficient (Wildman–Crippen LogP) is 8.12. The van der Waals surface area contributed by atoms with Crippen LogP contribution in [0.4, 0.5) is 0 Å². The van der Waals surface area contributed by atoms with Crippen molar-refractivity contribution in [3.63, 3.8) is 0 Å². The van der Waals surface area contributed by atoms with Crippen LogP contribution >= 0.6 is 0 Å². The molecule has 4 nitrogen and oxygen atoms in total. The molecule has 1 aromatic rings. The second-order valence-electron chi connectivity index (χ2n) is 10.8. The minimum atomic E-state index is -0.736. The van der Waals surface area contributed by atoms with E-state index in [2.05, 4.69) is 31.2 Å². The largest absolute Gasteiger partial charge is 0.508 e. The van der Waals surface area contributed by atoms with E-state index in [0.29, 0.717) is 18.1 Å². The summed E-state index contributed by atoms with van der Waals surface area (Å²) in [6, 6.07) is 6.15. The number of phenols is 1. The van der Waals surface area contributed by atoms with Crippen molar-refractivity contribution in [3.8, 4) is 5.75 Å². The number of carboxylic acids is 1. The van der Waals surface area contributed by atoms with Crippen LogP contribution in [0.15, 0.2) is 42.0 Å². The lowest BCUT2D eigenvalue weighted by atomic mass is 9.89. The van der Waals surface area contributed by atoms with Crippen molar-refractivity contribution in [1.82, 2.24) is 0 Å². The first-order valence-electron chi connectivity index (χ1n) is 14.6. The summed E-state index contributed by atoms with van der Waals surface area (Å²) in [6.45, 7) is 2.98. The minimum Gasteiger partial charge on any atom is -0.508 e. The molecule has 0 bridgehead atoms. The van der Waals surface area contributed by atoms with E-state index in [1.165, 1.54) is 69.8 Å². The molecule has 4 N–H and O–H groups in total. The molecule has 0 fully saturated rings. The molecule has 0 amide bonds. The first kappa shape index (κ1) is 30.2. The number of aromatic hydroxyl groups is 1. The Balaban J connectivity index is 1.81. The molecule has 1 aliphatic carbocycles. The van der Waals surface area contributed by atoms with Crippen LogP contribution in [0.3, 0.4) is 0 Å². The third kappa shape index (κ3) is 12.8. The Morgan fingerprint density at radius 2 is 1.94 bits per heavy atom. The lowest BCUT2D eigenvalue weighted by Crippen LogP contribution is -2.05. The number of carbonyl (C=O) groups is 1. The highest BCUT2D eigenvalue weighted by Crippen LogP contribution is 2.30. The number of rotatable bonds is 20. The van der Waals surface area contributed by atoms with Gasteiger partial charge in [-0.3, -0.25) is 4.79 Å². The lowest BCUT2D eigenvalue weighted by molar-refractivity contribution is -0.136. The fourth-order valence-electron chi connectivity index (χ4n) is 5.47. The molecule has 0 saturated heterocycles. The number of aryl methyl sites for hydroxylation is 1. The van der Waals surface area contributed by atoms with Gasteiger partial charge >= 0.3 is 5.97 Å². The minimum absolute atomic E-state index is 0.199. The molecule has 2 atom stereocenters. The quantitative estimate of drug-likeness (QED) is 0.125. The van der Waals surface area contributed by atoms with Crippen molar-refractivity contribution in [2.24, 2.45) is 17.6 Å². The molecule has 4 heteroatoms. The number of unbranched alkanes of at least 4 members (excludes halogenated alkanes) is 5. The molecule has 1 aromatic carbocycles. The summed E-state index contributed by atoms with van der Waals surface area (Å²) in [5.74, 6) is 1.01. The van der Waals surface area contributed by atoms with Gasteiger partial charge in [-0.2, -0.15) is 0 Å². The van der Waals surface area contributed by atoms with Crippen molar-refractivity contribution in [2.45, 2.75) is 116 Å². The van der Waals surface area contributed by atoms with Crippen LogP contribution in [-0.2, 0) is 17.6 Å². The number of hydrogen-bond acceptors (Lipinski definition) is 3. The molecule has 0 saturated carbocycles. The van der Waals surface area contributed by atoms with Crippen LogP contribution in [0.25, 0.3) is 0 Å². The van der Waals surface area contributed by atoms with E-state index in [0.717, 1.165) is 50.1 Å². The average Bonchev–Trinajstić information content (AvgIpc) is 3.30. The van der Waals surface area contributed by atoms with Gasteiger partial charge in [0.25, 0.3) is 0 Å². The molecule has 36 heavy (non-hydrogen) atoms. The Morgan fingerprint density at radius 1 is 1.11 bits per heavy atom. The molecular formula is C32H51NO3. The molecule has 2 rings (SSSR count). The summed E-state index contributed by atoms with van der Waals surface area (Å²) in [7, 11) is 0. The number of allylic oxidation sites excluding steroid dienone is 3. The Labute approximate surface area is 220 Å². The Kier molecular flexibility index (Phi) is 15.3. The van der Waals surface area contributed by atoms with Crippen molar-refractivity contribution < 1.29 is 15.0 Å². The molecule has 0 heterocycles. The topological polar surface area (TPSA) is 83.5 Å². The number of nitrogens with two attached hydrogens (primary N) is 1. The average molecular weight is 498 g/mol. The van der Waals surface area contributed by atoms with Crippen LogP contribution in [0, 0.1) is 11.8 Å². The molecule has 0 aliphatic heterocycles. The van der Waals surface area contributed by atoms with Gasteiger partial charge in [0.2, 0.25) is 0 Å². The third-order valence-corrected chi connectivity index (χ3v) is 7.59. The third-order valence-electron chi connectivity index (χ3n) is 7.59. The van der Waals surface area contributed by atoms with Gasteiger partial charge in [0, 0.05) is 6.42 Å². The molecule has 1 aliphatic rings. The maximum Gasteiger partial charge on any atom is 0.303 e. The van der Waals surface area contributed by atoms with Gasteiger partial charge in [-0.15, -0.1) is 0 Å². The first-order valence-corrected chi connectivity index (χ1v) is 14.6. The number of benzene rings is 1. The summed E-state index contributed by atoms with van der Waals surface area (Å²) < 4.78 is 0. The van der Waals surface area contributed by atoms with E-state index in [4.69, 9.17) is 10.8 Å². The number of hydrogen-bond donors (Lipinski definition) is 3. The van der Waals surface area contributed by atoms with E-state index >= 15 is 0 Å². The van der Waals surface area contributed by atoms with Gasteiger partial charge in [0.05, 0.1) is 0 Å². The molecule has 0 radical (unpaired) electrons. The number of phenolic OH excluding ortho intramolecular Hbond substituents is 1. The Morgan fingerprint density at radius 3 is 2.72 bits per heavy atom. The summed E-state index contributed by atoms with van der Waals surface area (Å²) in [4.78, 5) is 10.8. The van der Waals surface area contributed by atoms with Crippen LogP contribution in [0.5, 0.6) is 5.75 Å². The van der Waals surface area contributed by atoms with Crippen LogP contribution < -0.4 is 5.73 Å². The van der Waals surface area contributed by atoms with E-state index < -0.39 is 5.97 Å². The van der Waals surface area contributed by atoms with Crippen molar-refractivity contribution in [1.29, 1.82) is 0 Å². The Hall–Kier alpha value is -2.07. The maximum atomic E-state index is 10.8. The zero-order valence-corrected chi connectivity index (χ0v) is 22.7. The molecule has 0 unspecified atom stereocenters. The summed E-state index contributed by atoms with van der Waals surface area (Å²) in [6.07, 6.45) is 25.2. The number of aliphatic carboxylic acids is 1.